The van der Waals surface area contributed by atoms with Crippen LogP contribution in [0.3, 0.4) is 0 Å². The van der Waals surface area contributed by atoms with Crippen LogP contribution >= 0.6 is 0 Å². The van der Waals surface area contributed by atoms with Gasteiger partial charge in [0, 0.05) is 38.8 Å². The molecule has 158 valence electrons. The molecule has 1 saturated heterocycles. The molecule has 0 spiro atoms. The minimum absolute atomic E-state index is 0.0964. The number of hydrogen-bond acceptors (Lipinski definition) is 3. The number of likely N-dealkylation sites (tertiary alicyclic amines) is 1. The van der Waals surface area contributed by atoms with Gasteiger partial charge in [-0.3, -0.25) is 9.79 Å². The van der Waals surface area contributed by atoms with E-state index in [4.69, 9.17) is 4.74 Å². The fourth-order valence-electron chi connectivity index (χ4n) is 3.47. The molecule has 1 fully saturated rings. The van der Waals surface area contributed by atoms with Gasteiger partial charge in [0.1, 0.15) is 12.4 Å². The van der Waals surface area contributed by atoms with Gasteiger partial charge < -0.3 is 20.3 Å². The van der Waals surface area contributed by atoms with Crippen LogP contribution in [0.25, 0.3) is 6.08 Å². The Kier molecular flexibility index (Phi) is 7.89. The van der Waals surface area contributed by atoms with E-state index in [0.29, 0.717) is 13.2 Å². The first kappa shape index (κ1) is 21.4. The van der Waals surface area contributed by atoms with Crippen LogP contribution in [-0.2, 0) is 4.79 Å². The minimum Gasteiger partial charge on any atom is -0.492 e. The van der Waals surface area contributed by atoms with Crippen LogP contribution < -0.4 is 15.4 Å². The van der Waals surface area contributed by atoms with Gasteiger partial charge in [-0.25, -0.2) is 0 Å². The average Bonchev–Trinajstić information content (AvgIpc) is 2.75. The Morgan fingerprint density at radius 2 is 1.90 bits per heavy atom. The first-order chi connectivity index (χ1) is 14.6. The number of ether oxygens (including phenoxy) is 1. The fourth-order valence-corrected chi connectivity index (χ4v) is 3.47. The van der Waals surface area contributed by atoms with Crippen molar-refractivity contribution in [1.29, 1.82) is 0 Å². The van der Waals surface area contributed by atoms with E-state index in [-0.39, 0.29) is 5.91 Å². The summed E-state index contributed by atoms with van der Waals surface area (Å²) < 4.78 is 5.80. The van der Waals surface area contributed by atoms with Crippen LogP contribution in [0.5, 0.6) is 5.75 Å². The van der Waals surface area contributed by atoms with Crippen LogP contribution in [0.15, 0.2) is 65.2 Å². The van der Waals surface area contributed by atoms with Crippen LogP contribution in [0.4, 0.5) is 5.69 Å². The smallest absolute Gasteiger partial charge is 0.221 e. The molecule has 30 heavy (non-hydrogen) atoms. The number of nitrogens with zero attached hydrogens (tertiary/aromatic N) is 2. The number of hydrogen-bond donors (Lipinski definition) is 2. The molecule has 0 aromatic heterocycles. The van der Waals surface area contributed by atoms with E-state index in [1.165, 1.54) is 18.1 Å². The maximum atomic E-state index is 11.2. The summed E-state index contributed by atoms with van der Waals surface area (Å²) in [5.41, 5.74) is 3.48. The molecular weight excluding hydrogens is 376 g/mol. The second-order valence-corrected chi connectivity index (χ2v) is 7.23. The average molecular weight is 407 g/mol. The standard InChI is InChI=1S/C24H30N4O2/c1-19(29)27-22-9-6-10-23(18-22)30-16-13-26-24(25-2)28-14-11-21(12-15-28)17-20-7-4-3-5-8-20/h3-10,17-18H,11-16H2,1-2H3,(H,25,26)(H,27,29). The van der Waals surface area contributed by atoms with Gasteiger partial charge in [0.2, 0.25) is 5.91 Å². The summed E-state index contributed by atoms with van der Waals surface area (Å²) in [7, 11) is 1.81. The van der Waals surface area contributed by atoms with Gasteiger partial charge in [-0.15, -0.1) is 0 Å². The zero-order chi connectivity index (χ0) is 21.2. The van der Waals surface area contributed by atoms with Gasteiger partial charge in [-0.05, 0) is 30.5 Å². The van der Waals surface area contributed by atoms with Gasteiger partial charge in [0.15, 0.2) is 5.96 Å². The Balaban J connectivity index is 1.42. The zero-order valence-corrected chi connectivity index (χ0v) is 17.7. The normalized spacial score (nSPS) is 14.3. The van der Waals surface area contributed by atoms with Crippen molar-refractivity contribution >= 4 is 23.6 Å². The molecule has 0 bridgehead atoms. The number of anilines is 1. The summed E-state index contributed by atoms with van der Waals surface area (Å²) in [6.45, 7) is 4.57. The van der Waals surface area contributed by atoms with Crippen molar-refractivity contribution in [3.63, 3.8) is 0 Å². The Hall–Kier alpha value is -3.28. The first-order valence-electron chi connectivity index (χ1n) is 10.3. The lowest BCUT2D eigenvalue weighted by molar-refractivity contribution is -0.114. The summed E-state index contributed by atoms with van der Waals surface area (Å²) >= 11 is 0. The predicted molar refractivity (Wildman–Crippen MR) is 123 cm³/mol. The summed E-state index contributed by atoms with van der Waals surface area (Å²) in [5, 5.41) is 6.14. The van der Waals surface area contributed by atoms with E-state index in [0.717, 1.165) is 43.3 Å². The Morgan fingerprint density at radius 1 is 1.13 bits per heavy atom. The first-order valence-corrected chi connectivity index (χ1v) is 10.3. The molecule has 0 radical (unpaired) electrons. The van der Waals surface area contributed by atoms with Gasteiger partial charge in [-0.2, -0.15) is 0 Å². The largest absolute Gasteiger partial charge is 0.492 e. The number of piperidine rings is 1. The molecule has 1 aliphatic rings. The lowest BCUT2D eigenvalue weighted by Gasteiger charge is -2.31. The number of carbonyl (C=O) groups excluding carboxylic acids is 1. The van der Waals surface area contributed by atoms with E-state index in [1.807, 2.05) is 37.4 Å². The van der Waals surface area contributed by atoms with E-state index in [1.54, 1.807) is 0 Å². The quantitative estimate of drug-likeness (QED) is 0.435. The van der Waals surface area contributed by atoms with Crippen LogP contribution in [0.2, 0.25) is 0 Å². The molecular formula is C24H30N4O2. The summed E-state index contributed by atoms with van der Waals surface area (Å²) in [6, 6.07) is 17.9. The van der Waals surface area contributed by atoms with Crippen molar-refractivity contribution < 1.29 is 9.53 Å². The second kappa shape index (κ2) is 11.0. The van der Waals surface area contributed by atoms with Gasteiger partial charge in [0.25, 0.3) is 0 Å². The third-order valence-corrected chi connectivity index (χ3v) is 4.90. The van der Waals surface area contributed by atoms with E-state index >= 15 is 0 Å². The third kappa shape index (κ3) is 6.65. The van der Waals surface area contributed by atoms with Crippen molar-refractivity contribution in [3.05, 3.63) is 65.7 Å². The van der Waals surface area contributed by atoms with E-state index in [2.05, 4.69) is 50.9 Å². The number of nitrogens with one attached hydrogen (secondary N) is 2. The highest BCUT2D eigenvalue weighted by Gasteiger charge is 2.17. The molecule has 0 saturated carbocycles. The Morgan fingerprint density at radius 3 is 2.60 bits per heavy atom. The highest BCUT2D eigenvalue weighted by Crippen LogP contribution is 2.20. The van der Waals surface area contributed by atoms with Crippen molar-refractivity contribution in [2.24, 2.45) is 4.99 Å². The fraction of sp³-hybridized carbons (Fsp3) is 0.333. The van der Waals surface area contributed by atoms with Crippen molar-refractivity contribution in [2.75, 3.05) is 38.6 Å². The monoisotopic (exact) mass is 406 g/mol. The zero-order valence-electron chi connectivity index (χ0n) is 17.7. The van der Waals surface area contributed by atoms with Gasteiger partial charge in [0.05, 0.1) is 6.54 Å². The van der Waals surface area contributed by atoms with Gasteiger partial charge in [-0.1, -0.05) is 48.0 Å². The van der Waals surface area contributed by atoms with Crippen LogP contribution in [0.1, 0.15) is 25.3 Å². The molecule has 0 atom stereocenters. The molecule has 0 aliphatic carbocycles. The van der Waals surface area contributed by atoms with Crippen LogP contribution in [-0.4, -0.2) is 50.1 Å². The van der Waals surface area contributed by atoms with Crippen molar-refractivity contribution in [2.45, 2.75) is 19.8 Å². The summed E-state index contributed by atoms with van der Waals surface area (Å²) in [6.07, 6.45) is 4.39. The van der Waals surface area contributed by atoms with Crippen LogP contribution in [0, 0.1) is 0 Å². The van der Waals surface area contributed by atoms with Gasteiger partial charge >= 0.3 is 0 Å². The van der Waals surface area contributed by atoms with Crippen molar-refractivity contribution in [3.8, 4) is 5.75 Å². The molecule has 1 amide bonds. The number of benzene rings is 2. The van der Waals surface area contributed by atoms with E-state index < -0.39 is 0 Å². The topological polar surface area (TPSA) is 66.0 Å². The molecule has 6 nitrogen and oxygen atoms in total. The molecule has 2 N–H and O–H groups in total. The third-order valence-electron chi connectivity index (χ3n) is 4.90. The Labute approximate surface area is 178 Å². The lowest BCUT2D eigenvalue weighted by Crippen LogP contribution is -2.45. The molecule has 2 aromatic rings. The minimum atomic E-state index is -0.0964. The molecule has 1 heterocycles. The maximum Gasteiger partial charge on any atom is 0.221 e. The highest BCUT2D eigenvalue weighted by atomic mass is 16.5. The van der Waals surface area contributed by atoms with Crippen molar-refractivity contribution in [1.82, 2.24) is 10.2 Å². The maximum absolute atomic E-state index is 11.2. The SMILES string of the molecule is CN=C(NCCOc1cccc(NC(C)=O)c1)N1CCC(=Cc2ccccc2)CC1. The summed E-state index contributed by atoms with van der Waals surface area (Å²) in [4.78, 5) is 17.9. The number of amides is 1. The highest BCUT2D eigenvalue weighted by molar-refractivity contribution is 5.88. The molecule has 3 rings (SSSR count). The molecule has 0 unspecified atom stereocenters. The second-order valence-electron chi connectivity index (χ2n) is 7.23. The molecule has 6 heteroatoms. The number of carbonyl (C=O) groups is 1. The molecule has 2 aromatic carbocycles. The number of aliphatic imine (C=N–C) groups is 1. The lowest BCUT2D eigenvalue weighted by atomic mass is 10.0. The number of guanidine groups is 1. The summed E-state index contributed by atoms with van der Waals surface area (Å²) in [5.74, 6) is 1.54. The molecule has 1 aliphatic heterocycles. The van der Waals surface area contributed by atoms with E-state index in [9.17, 15) is 4.79 Å². The predicted octanol–water partition coefficient (Wildman–Crippen LogP) is 3.78. The Bertz CT molecular complexity index is 883. The number of rotatable bonds is 6.